The molecule has 5 rings (SSSR count). The molecule has 0 spiro atoms. The Morgan fingerprint density at radius 1 is 0.889 bits per heavy atom. The maximum Gasteiger partial charge on any atom is 0.329 e. The molecule has 54 heavy (non-hydrogen) atoms. The Morgan fingerprint density at radius 3 is 2.24 bits per heavy atom. The number of allylic oxidation sites excluding steroid dienone is 1. The van der Waals surface area contributed by atoms with E-state index in [0.717, 1.165) is 42.7 Å². The van der Waals surface area contributed by atoms with Gasteiger partial charge >= 0.3 is 17.9 Å². The number of ether oxygens (including phenoxy) is 1. The van der Waals surface area contributed by atoms with Crippen molar-refractivity contribution in [1.29, 1.82) is 0 Å². The van der Waals surface area contributed by atoms with Crippen molar-refractivity contribution in [3.63, 3.8) is 0 Å². The van der Waals surface area contributed by atoms with Crippen LogP contribution in [0.4, 0.5) is 5.69 Å². The van der Waals surface area contributed by atoms with Crippen molar-refractivity contribution in [2.24, 2.45) is 0 Å². The zero-order valence-corrected chi connectivity index (χ0v) is 32.9. The molecule has 2 aliphatic rings. The lowest BCUT2D eigenvalue weighted by atomic mass is 10.2. The van der Waals surface area contributed by atoms with Gasteiger partial charge in [0.15, 0.2) is 0 Å². The van der Waals surface area contributed by atoms with Crippen LogP contribution in [-0.4, -0.2) is 103 Å². The molecule has 23 heteroatoms. The van der Waals surface area contributed by atoms with Crippen LogP contribution in [0.3, 0.4) is 0 Å². The molecule has 4 N–H and O–H groups in total. The number of hydrogen-bond donors (Lipinski definition) is 4. The molecule has 288 valence electrons. The number of aliphatic carboxylic acids is 3. The number of benzene rings is 1. The first-order valence-corrected chi connectivity index (χ1v) is 21.0. The molecule has 1 aromatic carbocycles. The molecule has 0 aliphatic carbocycles. The number of para-hydroxylation sites is 1. The van der Waals surface area contributed by atoms with Crippen molar-refractivity contribution < 1.29 is 52.2 Å². The lowest BCUT2D eigenvalue weighted by molar-refractivity contribution is -0.142. The number of carboxylic acids is 3. The summed E-state index contributed by atoms with van der Waals surface area (Å²) in [7, 11) is -4.22. The molecule has 0 unspecified atom stereocenters. The number of carbonyl (C=O) groups is 4. The summed E-state index contributed by atoms with van der Waals surface area (Å²) in [6, 6.07) is 7.39. The predicted octanol–water partition coefficient (Wildman–Crippen LogP) is 0.951. The van der Waals surface area contributed by atoms with Crippen LogP contribution in [0.25, 0.3) is 10.5 Å². The molecule has 17 nitrogen and oxygen atoms in total. The number of carboxylic acid groups (broad SMARTS) is 3. The van der Waals surface area contributed by atoms with Crippen LogP contribution in [0.5, 0.6) is 0 Å². The van der Waals surface area contributed by atoms with Crippen molar-refractivity contribution in [2.45, 2.75) is 37.8 Å². The minimum absolute atomic E-state index is 0.0760. The van der Waals surface area contributed by atoms with E-state index >= 15 is 0 Å². The van der Waals surface area contributed by atoms with E-state index in [2.05, 4.69) is 0 Å². The summed E-state index contributed by atoms with van der Waals surface area (Å²) >= 11 is 8.94. The summed E-state index contributed by atoms with van der Waals surface area (Å²) in [5, 5.41) is 28.7. The number of carbonyl (C=O) groups excluding carboxylic acids is 1. The van der Waals surface area contributed by atoms with Gasteiger partial charge in [-0.3, -0.25) is 42.6 Å². The molecule has 1 saturated heterocycles. The molecule has 4 heterocycles. The average Bonchev–Trinajstić information content (AvgIpc) is 3.79. The monoisotopic (exact) mass is 858 g/mol. The molecule has 3 aromatic rings. The van der Waals surface area contributed by atoms with Crippen molar-refractivity contribution >= 4 is 113 Å². The first kappa shape index (κ1) is 41.1. The van der Waals surface area contributed by atoms with Crippen molar-refractivity contribution in [1.82, 2.24) is 14.0 Å². The molecular weight excluding hydrogens is 829 g/mol. The number of fused-ring (bicyclic) bond motifs is 1. The highest BCUT2D eigenvalue weighted by atomic mass is 32.2. The molecule has 1 fully saturated rings. The number of aromatic nitrogens is 2. The number of thiocarbonyl (C=S) groups is 1. The predicted molar refractivity (Wildman–Crippen MR) is 206 cm³/mol. The number of amides is 1. The van der Waals surface area contributed by atoms with E-state index in [4.69, 9.17) is 22.1 Å². The zero-order chi connectivity index (χ0) is 39.5. The highest BCUT2D eigenvalue weighted by molar-refractivity contribution is 8.30. The number of hydrogen-bond acceptors (Lipinski definition) is 15. The van der Waals surface area contributed by atoms with Gasteiger partial charge in [-0.15, -0.1) is 22.7 Å². The van der Waals surface area contributed by atoms with Gasteiger partial charge in [0.25, 0.3) is 27.1 Å². The fourth-order valence-corrected chi connectivity index (χ4v) is 11.0. The second-order valence-electron chi connectivity index (χ2n) is 11.4. The zero-order valence-electron chi connectivity index (χ0n) is 28.0. The van der Waals surface area contributed by atoms with Crippen molar-refractivity contribution in [2.75, 3.05) is 37.0 Å². The van der Waals surface area contributed by atoms with Gasteiger partial charge in [0, 0.05) is 11.4 Å². The molecule has 1 amide bonds. The van der Waals surface area contributed by atoms with Gasteiger partial charge in [-0.25, -0.2) is 4.79 Å². The van der Waals surface area contributed by atoms with Gasteiger partial charge < -0.3 is 25.0 Å². The van der Waals surface area contributed by atoms with Crippen LogP contribution in [0.2, 0.25) is 0 Å². The van der Waals surface area contributed by atoms with Crippen LogP contribution in [0.15, 0.2) is 49.9 Å². The quantitative estimate of drug-likeness (QED) is 0.0945. The molecular formula is C31H30N4O13S6. The first-order valence-electron chi connectivity index (χ1n) is 15.7. The second kappa shape index (κ2) is 17.1. The summed E-state index contributed by atoms with van der Waals surface area (Å²) in [5.74, 6) is -5.31. The minimum Gasteiger partial charge on any atom is -0.480 e. The van der Waals surface area contributed by atoms with E-state index in [9.17, 15) is 52.0 Å². The number of nitrogens with zero attached hydrogens (tertiary/aromatic N) is 4. The third-order valence-corrected chi connectivity index (χ3v) is 13.7. The SMILES string of the molecule is CC/C(C=C1Sc2ccccc2N1CCCS(=O)(=O)O)=c1\s/c(=c2/s/c(=C3/SC(=S)N(CC(=O)O)C3=O)n(CC(=O)O)c2=O)n(CCOCC(=O)O)c1=O. The number of rotatable bonds is 15. The van der Waals surface area contributed by atoms with Gasteiger partial charge in [0.2, 0.25) is 0 Å². The summed E-state index contributed by atoms with van der Waals surface area (Å²) in [5.41, 5.74) is -0.0902. The fourth-order valence-electron chi connectivity index (χ4n) is 5.37. The van der Waals surface area contributed by atoms with Gasteiger partial charge in [-0.05, 0) is 36.6 Å². The van der Waals surface area contributed by atoms with Crippen molar-refractivity contribution in [3.05, 3.63) is 74.5 Å². The molecule has 0 bridgehead atoms. The third kappa shape index (κ3) is 9.22. The average molecular weight is 859 g/mol. The van der Waals surface area contributed by atoms with Crippen LogP contribution in [0.1, 0.15) is 19.8 Å². The molecule has 0 radical (unpaired) electrons. The topological polar surface area (TPSA) is 243 Å². The van der Waals surface area contributed by atoms with Crippen LogP contribution in [-0.2, 0) is 47.1 Å². The van der Waals surface area contributed by atoms with E-state index < -0.39 is 70.5 Å². The standard InChI is InChI=1S/C31H30N4O13S6/c1-2-16(12-19-32(8-5-11-54(45,46)47)17-6-3-4-7-18(17)50-19)23-26(42)33(9-10-48-15-22(40)41)29(51-23)24-27(43)34(13-20(36)37)30(52-24)25-28(44)35(14-21(38)39)31(49)53-25/h3-4,6-7,12H,2,5,8-11,13-15H2,1H3,(H,36,37)(H,38,39)(H,40,41)(H,45,46,47)/b19-12?,23-16+,29-24+,30-25+. The van der Waals surface area contributed by atoms with E-state index in [1.165, 1.54) is 16.3 Å². The van der Waals surface area contributed by atoms with Gasteiger partial charge in [-0.2, -0.15) is 8.42 Å². The van der Waals surface area contributed by atoms with Crippen LogP contribution < -0.4 is 25.2 Å². The Kier molecular flexibility index (Phi) is 13.0. The van der Waals surface area contributed by atoms with Crippen molar-refractivity contribution in [3.8, 4) is 0 Å². The number of thiazole rings is 2. The Hall–Kier alpha value is -4.10. The fraction of sp³-hybridized carbons (Fsp3) is 0.323. The van der Waals surface area contributed by atoms with E-state index in [0.29, 0.717) is 28.8 Å². The summed E-state index contributed by atoms with van der Waals surface area (Å²) in [4.78, 5) is 79.3. The Bertz CT molecular complexity index is 2550. The number of thioether (sulfide) groups is 2. The second-order valence-corrected chi connectivity index (χ2v) is 17.6. The highest BCUT2D eigenvalue weighted by Crippen LogP contribution is 2.46. The van der Waals surface area contributed by atoms with Crippen LogP contribution >= 0.6 is 58.4 Å². The maximum absolute atomic E-state index is 14.2. The Labute approximate surface area is 326 Å². The van der Waals surface area contributed by atoms with Gasteiger partial charge in [-0.1, -0.05) is 54.8 Å². The Morgan fingerprint density at radius 2 is 1.59 bits per heavy atom. The summed E-state index contributed by atoms with van der Waals surface area (Å²) < 4.78 is 39.4. The normalized spacial score (nSPS) is 17.4. The lowest BCUT2D eigenvalue weighted by Crippen LogP contribution is -2.35. The molecule has 2 aromatic heterocycles. The maximum atomic E-state index is 14.2. The minimum atomic E-state index is -4.22. The highest BCUT2D eigenvalue weighted by Gasteiger charge is 2.35. The molecule has 0 atom stereocenters. The van der Waals surface area contributed by atoms with E-state index in [1.807, 2.05) is 29.2 Å². The van der Waals surface area contributed by atoms with Crippen LogP contribution in [0, 0.1) is 9.20 Å². The molecule has 0 saturated carbocycles. The number of anilines is 1. The van der Waals surface area contributed by atoms with Gasteiger partial charge in [0.1, 0.15) is 42.8 Å². The third-order valence-electron chi connectivity index (χ3n) is 7.67. The molecule has 2 aliphatic heterocycles. The Balaban J connectivity index is 1.78. The summed E-state index contributed by atoms with van der Waals surface area (Å²) in [6.45, 7) is -0.736. The summed E-state index contributed by atoms with van der Waals surface area (Å²) in [6.07, 6.45) is 2.17. The van der Waals surface area contributed by atoms with Gasteiger partial charge in [0.05, 0.1) is 34.2 Å². The smallest absolute Gasteiger partial charge is 0.329 e. The largest absolute Gasteiger partial charge is 0.480 e. The van der Waals surface area contributed by atoms with E-state index in [1.54, 1.807) is 13.0 Å². The lowest BCUT2D eigenvalue weighted by Gasteiger charge is -2.20. The van der Waals surface area contributed by atoms with E-state index in [-0.39, 0.29) is 53.7 Å². The first-order chi connectivity index (χ1) is 25.5.